The van der Waals surface area contributed by atoms with E-state index in [9.17, 15) is 17.2 Å². The molecule has 1 fully saturated rings. The molecule has 150 valence electrons. The molecule has 0 saturated carbocycles. The van der Waals surface area contributed by atoms with Crippen LogP contribution in [0.4, 0.5) is 8.78 Å². The predicted octanol–water partition coefficient (Wildman–Crippen LogP) is 3.18. The lowest BCUT2D eigenvalue weighted by Gasteiger charge is -2.32. The molecule has 27 heavy (non-hydrogen) atoms. The van der Waals surface area contributed by atoms with Crippen LogP contribution in [0.15, 0.2) is 23.1 Å². The number of sulfonamides is 1. The lowest BCUT2D eigenvalue weighted by Crippen LogP contribution is -2.38. The molecule has 2 aliphatic rings. The molecule has 0 N–H and O–H groups in total. The zero-order valence-electron chi connectivity index (χ0n) is 15.7. The summed E-state index contributed by atoms with van der Waals surface area (Å²) < 4.78 is 56.5. The van der Waals surface area contributed by atoms with Gasteiger partial charge in [-0.1, -0.05) is 6.07 Å². The summed E-state index contributed by atoms with van der Waals surface area (Å²) in [7, 11) is 0.207. The number of hydrogen-bond acceptors (Lipinski definition) is 4. The van der Waals surface area contributed by atoms with E-state index in [1.807, 2.05) is 0 Å². The molecule has 0 bridgehead atoms. The normalized spacial score (nSPS) is 19.3. The summed E-state index contributed by atoms with van der Waals surface area (Å²) in [5.74, 6) is 0.481. The first-order valence-corrected chi connectivity index (χ1v) is 10.6. The second-order valence-electron chi connectivity index (χ2n) is 7.38. The fourth-order valence-electron chi connectivity index (χ4n) is 3.73. The molecule has 0 atom stereocenters. The van der Waals surface area contributed by atoms with Gasteiger partial charge in [-0.3, -0.25) is 0 Å². The molecule has 0 spiro atoms. The summed E-state index contributed by atoms with van der Waals surface area (Å²) in [6.07, 6.45) is 4.52. The summed E-state index contributed by atoms with van der Waals surface area (Å²) in [5.41, 5.74) is 1.57. The molecule has 1 aromatic rings. The van der Waals surface area contributed by atoms with Crippen LogP contribution in [0.1, 0.15) is 30.4 Å². The zero-order chi connectivity index (χ0) is 19.6. The van der Waals surface area contributed by atoms with Crippen molar-refractivity contribution in [3.63, 3.8) is 0 Å². The third-order valence-electron chi connectivity index (χ3n) is 5.39. The van der Waals surface area contributed by atoms with Crippen LogP contribution in [0.2, 0.25) is 0 Å². The number of piperidine rings is 1. The predicted molar refractivity (Wildman–Crippen MR) is 101 cm³/mol. The molecular formula is C19H26F2N2O3S. The second-order valence-corrected chi connectivity index (χ2v) is 9.48. The molecule has 0 aromatic heterocycles. The van der Waals surface area contributed by atoms with Crippen molar-refractivity contribution in [3.8, 4) is 5.75 Å². The minimum atomic E-state index is -3.52. The van der Waals surface area contributed by atoms with Gasteiger partial charge in [0.15, 0.2) is 0 Å². The smallest absolute Gasteiger partial charge is 0.387 e. The third-order valence-corrected chi connectivity index (χ3v) is 7.35. The number of fused-ring (bicyclic) bond motifs is 1. The molecule has 0 amide bonds. The van der Waals surface area contributed by atoms with Crippen molar-refractivity contribution in [2.75, 3.05) is 33.7 Å². The van der Waals surface area contributed by atoms with E-state index in [2.05, 4.69) is 16.7 Å². The van der Waals surface area contributed by atoms with Crippen LogP contribution in [0.3, 0.4) is 0 Å². The van der Waals surface area contributed by atoms with E-state index >= 15 is 0 Å². The van der Waals surface area contributed by atoms with Crippen molar-refractivity contribution in [2.45, 2.75) is 32.3 Å². The van der Waals surface area contributed by atoms with Gasteiger partial charge in [0.05, 0.1) is 4.91 Å². The highest BCUT2D eigenvalue weighted by Crippen LogP contribution is 2.32. The minimum absolute atomic E-state index is 0.0999. The zero-order valence-corrected chi connectivity index (χ0v) is 16.5. The van der Waals surface area contributed by atoms with Gasteiger partial charge in [-0.25, -0.2) is 12.7 Å². The van der Waals surface area contributed by atoms with Gasteiger partial charge in [0.2, 0.25) is 10.0 Å². The Labute approximate surface area is 159 Å². The first-order valence-electron chi connectivity index (χ1n) is 9.19. The maximum atomic E-state index is 13.0. The molecule has 0 radical (unpaired) electrons. The Morgan fingerprint density at radius 2 is 1.96 bits per heavy atom. The first-order chi connectivity index (χ1) is 12.8. The number of benzene rings is 1. The van der Waals surface area contributed by atoms with E-state index in [-0.39, 0.29) is 5.75 Å². The summed E-state index contributed by atoms with van der Waals surface area (Å²) in [5, 5.41) is 0. The standard InChI is InChI=1S/C19H26F2N2O3S/c1-22-9-7-14(8-10-22)13-23(2)27(24,25)18-6-4-15-11-17(26-19(20)21)5-3-16(15)12-18/h3,5,11-12,14,19H,4,6-10,13H2,1-2H3. The van der Waals surface area contributed by atoms with E-state index in [0.29, 0.717) is 30.2 Å². The van der Waals surface area contributed by atoms with Gasteiger partial charge in [-0.05, 0) is 81.1 Å². The Hall–Kier alpha value is -1.51. The van der Waals surface area contributed by atoms with Crippen molar-refractivity contribution >= 4 is 16.1 Å². The SMILES string of the molecule is CN1CCC(CN(C)S(=O)(=O)C2=Cc3ccc(OC(F)F)cc3CC2)CC1. The van der Waals surface area contributed by atoms with E-state index in [1.165, 1.54) is 10.4 Å². The highest BCUT2D eigenvalue weighted by atomic mass is 32.2. The average molecular weight is 400 g/mol. The Balaban J connectivity index is 1.72. The lowest BCUT2D eigenvalue weighted by molar-refractivity contribution is -0.0498. The van der Waals surface area contributed by atoms with Crippen molar-refractivity contribution < 1.29 is 21.9 Å². The quantitative estimate of drug-likeness (QED) is 0.736. The topological polar surface area (TPSA) is 49.9 Å². The summed E-state index contributed by atoms with van der Waals surface area (Å²) >= 11 is 0. The second kappa shape index (κ2) is 8.24. The third kappa shape index (κ3) is 4.86. The molecule has 8 heteroatoms. The van der Waals surface area contributed by atoms with Crippen LogP contribution in [0.25, 0.3) is 6.08 Å². The first kappa shape index (κ1) is 20.2. The van der Waals surface area contributed by atoms with Gasteiger partial charge in [0.25, 0.3) is 0 Å². The summed E-state index contributed by atoms with van der Waals surface area (Å²) in [6, 6.07) is 4.64. The fourth-order valence-corrected chi connectivity index (χ4v) is 5.17. The molecule has 5 nitrogen and oxygen atoms in total. The van der Waals surface area contributed by atoms with Crippen LogP contribution in [0, 0.1) is 5.92 Å². The molecular weight excluding hydrogens is 374 g/mol. The van der Waals surface area contributed by atoms with Crippen LogP contribution in [0.5, 0.6) is 5.75 Å². The summed E-state index contributed by atoms with van der Waals surface area (Å²) in [4.78, 5) is 2.64. The average Bonchev–Trinajstić information content (AvgIpc) is 2.62. The number of ether oxygens (including phenoxy) is 1. The minimum Gasteiger partial charge on any atom is -0.435 e. The van der Waals surface area contributed by atoms with Crippen LogP contribution in [-0.4, -0.2) is 58.0 Å². The molecule has 1 aliphatic heterocycles. The van der Waals surface area contributed by atoms with Gasteiger partial charge in [-0.2, -0.15) is 8.78 Å². The van der Waals surface area contributed by atoms with E-state index in [1.54, 1.807) is 25.3 Å². The highest BCUT2D eigenvalue weighted by Gasteiger charge is 2.29. The number of aryl methyl sites for hydroxylation is 1. The number of allylic oxidation sites excluding steroid dienone is 1. The molecule has 3 rings (SSSR count). The Kier molecular flexibility index (Phi) is 6.18. The number of rotatable bonds is 6. The Bertz CT molecular complexity index is 803. The van der Waals surface area contributed by atoms with Crippen molar-refractivity contribution in [1.29, 1.82) is 0 Å². The molecule has 1 aromatic carbocycles. The maximum absolute atomic E-state index is 13.0. The number of likely N-dealkylation sites (tertiary alicyclic amines) is 1. The van der Waals surface area contributed by atoms with Crippen molar-refractivity contribution in [1.82, 2.24) is 9.21 Å². The monoisotopic (exact) mass is 400 g/mol. The molecule has 1 heterocycles. The number of hydrogen-bond donors (Lipinski definition) is 0. The van der Waals surface area contributed by atoms with Gasteiger partial charge in [-0.15, -0.1) is 0 Å². The summed E-state index contributed by atoms with van der Waals surface area (Å²) in [6.45, 7) is -0.344. The number of halogens is 2. The van der Waals surface area contributed by atoms with Crippen LogP contribution >= 0.6 is 0 Å². The van der Waals surface area contributed by atoms with Crippen molar-refractivity contribution in [2.24, 2.45) is 5.92 Å². The van der Waals surface area contributed by atoms with E-state index in [0.717, 1.165) is 37.1 Å². The largest absolute Gasteiger partial charge is 0.435 e. The molecule has 1 saturated heterocycles. The van der Waals surface area contributed by atoms with E-state index in [4.69, 9.17) is 0 Å². The fraction of sp³-hybridized carbons (Fsp3) is 0.579. The van der Waals surface area contributed by atoms with E-state index < -0.39 is 16.6 Å². The van der Waals surface area contributed by atoms with Gasteiger partial charge >= 0.3 is 6.61 Å². The number of nitrogens with zero attached hydrogens (tertiary/aromatic N) is 2. The van der Waals surface area contributed by atoms with Gasteiger partial charge < -0.3 is 9.64 Å². The van der Waals surface area contributed by atoms with Gasteiger partial charge in [0, 0.05) is 13.6 Å². The van der Waals surface area contributed by atoms with Crippen LogP contribution < -0.4 is 4.74 Å². The van der Waals surface area contributed by atoms with Gasteiger partial charge in [0.1, 0.15) is 5.75 Å². The Morgan fingerprint density at radius 1 is 1.26 bits per heavy atom. The number of alkyl halides is 2. The molecule has 0 unspecified atom stereocenters. The highest BCUT2D eigenvalue weighted by molar-refractivity contribution is 7.93. The Morgan fingerprint density at radius 3 is 2.63 bits per heavy atom. The van der Waals surface area contributed by atoms with Crippen molar-refractivity contribution in [3.05, 3.63) is 34.2 Å². The maximum Gasteiger partial charge on any atom is 0.387 e. The lowest BCUT2D eigenvalue weighted by atomic mass is 9.97. The van der Waals surface area contributed by atoms with Crippen LogP contribution in [-0.2, 0) is 16.4 Å². The molecule has 1 aliphatic carbocycles.